The van der Waals surface area contributed by atoms with E-state index in [1.165, 1.54) is 244 Å². The molecular weight excluding hydrogens is 1130 g/mol. The minimum absolute atomic E-state index is 0.0107. The quantitative estimate of drug-likeness (QED) is 0.0272. The van der Waals surface area contributed by atoms with Crippen LogP contribution in [0.5, 0.6) is 0 Å². The van der Waals surface area contributed by atoms with Gasteiger partial charge in [0.05, 0.1) is 39.9 Å². The Hall–Kier alpha value is -2.84. The summed E-state index contributed by atoms with van der Waals surface area (Å²) in [6.07, 6.45) is 104. The van der Waals surface area contributed by atoms with Crippen molar-refractivity contribution in [2.24, 2.45) is 0 Å². The van der Waals surface area contributed by atoms with Gasteiger partial charge in [-0.2, -0.15) is 0 Å². The average Bonchev–Trinajstić information content (AvgIpc) is 3.09. The molecule has 0 radical (unpaired) electrons. The number of carbonyl (C=O) groups excluding carboxylic acids is 1. The van der Waals surface area contributed by atoms with E-state index < -0.39 is 26.6 Å². The van der Waals surface area contributed by atoms with Crippen molar-refractivity contribution in [2.75, 3.05) is 40.9 Å². The number of hydrogen-bond acceptors (Lipinski definition) is 6. The maximum absolute atomic E-state index is 13.1. The molecule has 0 rings (SSSR count). The van der Waals surface area contributed by atoms with E-state index in [-0.39, 0.29) is 12.5 Å². The highest BCUT2D eigenvalue weighted by molar-refractivity contribution is 7.45. The number of carbonyl (C=O) groups is 1. The van der Waals surface area contributed by atoms with Crippen LogP contribution >= 0.6 is 7.82 Å². The molecular formula is C81H147N2O6P. The van der Waals surface area contributed by atoms with E-state index in [0.717, 1.165) is 83.5 Å². The lowest BCUT2D eigenvalue weighted by atomic mass is 10.0. The normalized spacial score (nSPS) is 14.2. The summed E-state index contributed by atoms with van der Waals surface area (Å²) in [6.45, 7) is 4.54. The number of unbranched alkanes of at least 4 members (excludes halogenated alkanes) is 41. The zero-order valence-electron chi connectivity index (χ0n) is 59.8. The predicted molar refractivity (Wildman–Crippen MR) is 394 cm³/mol. The van der Waals surface area contributed by atoms with E-state index in [1.807, 2.05) is 27.2 Å². The molecule has 2 N–H and O–H groups in total. The summed E-state index contributed by atoms with van der Waals surface area (Å²) in [6, 6.07) is -0.915. The number of quaternary nitrogens is 1. The first kappa shape index (κ1) is 87.2. The average molecular weight is 1280 g/mol. The third-order valence-corrected chi connectivity index (χ3v) is 17.9. The molecule has 0 aromatic heterocycles. The molecule has 3 atom stereocenters. The second-order valence-electron chi connectivity index (χ2n) is 27.0. The topological polar surface area (TPSA) is 108 Å². The SMILES string of the molecule is CC/C=C\C/C=C\C/C=C\C/C=C\C/C=C\C/C=C\CCCCCCCCCCCCCCCCCCCCCCCCC(=O)NC(COP(=O)([O-])OCC[N+](C)(C)C)C(O)/C=C/CC/C=C/CC/C=C/CCCCCCCCCCCCCCCCCCC. The first-order valence-corrected chi connectivity index (χ1v) is 39.7. The van der Waals surface area contributed by atoms with Crippen molar-refractivity contribution in [2.45, 2.75) is 360 Å². The van der Waals surface area contributed by atoms with Crippen LogP contribution in [0.4, 0.5) is 0 Å². The maximum atomic E-state index is 13.1. The smallest absolute Gasteiger partial charge is 0.268 e. The minimum atomic E-state index is -4.62. The van der Waals surface area contributed by atoms with Crippen molar-refractivity contribution in [3.8, 4) is 0 Å². The Kier molecular flexibility index (Phi) is 68.3. The van der Waals surface area contributed by atoms with Gasteiger partial charge < -0.3 is 28.8 Å². The summed E-state index contributed by atoms with van der Waals surface area (Å²) < 4.78 is 23.5. The van der Waals surface area contributed by atoms with Crippen LogP contribution in [-0.4, -0.2) is 68.5 Å². The van der Waals surface area contributed by atoms with Crippen LogP contribution in [0.25, 0.3) is 0 Å². The summed E-state index contributed by atoms with van der Waals surface area (Å²) in [5, 5.41) is 14.0. The van der Waals surface area contributed by atoms with Crippen LogP contribution in [0, 0.1) is 0 Å². The lowest BCUT2D eigenvalue weighted by molar-refractivity contribution is -0.870. The Morgan fingerprint density at radius 2 is 0.689 bits per heavy atom. The number of hydrogen-bond donors (Lipinski definition) is 2. The highest BCUT2D eigenvalue weighted by Crippen LogP contribution is 2.38. The monoisotopic (exact) mass is 1280 g/mol. The van der Waals surface area contributed by atoms with Crippen molar-refractivity contribution in [1.82, 2.24) is 5.32 Å². The molecule has 0 heterocycles. The Balaban J connectivity index is 4.02. The van der Waals surface area contributed by atoms with Gasteiger partial charge in [0.25, 0.3) is 7.82 Å². The highest BCUT2D eigenvalue weighted by atomic mass is 31.2. The van der Waals surface area contributed by atoms with Crippen LogP contribution < -0.4 is 10.2 Å². The number of phosphoric acid groups is 1. The fourth-order valence-corrected chi connectivity index (χ4v) is 11.8. The molecule has 0 aromatic carbocycles. The molecule has 0 aliphatic heterocycles. The molecule has 9 heteroatoms. The molecule has 522 valence electrons. The van der Waals surface area contributed by atoms with E-state index in [1.54, 1.807) is 6.08 Å². The van der Waals surface area contributed by atoms with Crippen LogP contribution in [0.1, 0.15) is 348 Å². The lowest BCUT2D eigenvalue weighted by Crippen LogP contribution is -2.45. The van der Waals surface area contributed by atoms with Gasteiger partial charge >= 0.3 is 0 Å². The zero-order chi connectivity index (χ0) is 65.5. The van der Waals surface area contributed by atoms with Crippen molar-refractivity contribution in [3.05, 3.63) is 109 Å². The first-order chi connectivity index (χ1) is 44.0. The van der Waals surface area contributed by atoms with Crippen LogP contribution in [-0.2, 0) is 18.4 Å². The van der Waals surface area contributed by atoms with Crippen molar-refractivity contribution in [1.29, 1.82) is 0 Å². The number of aliphatic hydroxyl groups excluding tert-OH is 1. The van der Waals surface area contributed by atoms with Gasteiger partial charge in [-0.3, -0.25) is 9.36 Å². The van der Waals surface area contributed by atoms with Gasteiger partial charge in [0.15, 0.2) is 0 Å². The van der Waals surface area contributed by atoms with Gasteiger partial charge in [0, 0.05) is 6.42 Å². The summed E-state index contributed by atoms with van der Waals surface area (Å²) >= 11 is 0. The molecule has 90 heavy (non-hydrogen) atoms. The molecule has 0 aromatic rings. The summed E-state index contributed by atoms with van der Waals surface area (Å²) in [7, 11) is 1.24. The van der Waals surface area contributed by atoms with Crippen molar-refractivity contribution >= 4 is 13.7 Å². The third kappa shape index (κ3) is 72.6. The Morgan fingerprint density at radius 3 is 1.03 bits per heavy atom. The van der Waals surface area contributed by atoms with E-state index in [0.29, 0.717) is 17.4 Å². The Labute approximate surface area is 559 Å². The Bertz CT molecular complexity index is 1840. The molecule has 1 amide bonds. The van der Waals surface area contributed by atoms with E-state index >= 15 is 0 Å². The number of amides is 1. The van der Waals surface area contributed by atoms with Crippen LogP contribution in [0.3, 0.4) is 0 Å². The third-order valence-electron chi connectivity index (χ3n) is 16.9. The molecule has 0 aliphatic carbocycles. The molecule has 0 bridgehead atoms. The fourth-order valence-electron chi connectivity index (χ4n) is 11.1. The number of nitrogens with zero attached hydrogens (tertiary/aromatic N) is 1. The van der Waals surface area contributed by atoms with Crippen molar-refractivity contribution in [3.63, 3.8) is 0 Å². The molecule has 8 nitrogen and oxygen atoms in total. The molecule has 0 saturated carbocycles. The fraction of sp³-hybridized carbons (Fsp3) is 0.765. The molecule has 0 spiro atoms. The standard InChI is InChI=1S/C81H147N2O6P/c1-6-8-10-12-14-16-18-20-22-24-26-28-30-32-34-35-36-37-38-39-40-41-42-43-44-45-46-47-49-51-53-55-57-59-61-63-65-67-69-71-73-75-81(85)82-79(78-89-90(86,87)88-77-76-83(3,4)5)80(84)74-72-70-68-66-64-62-60-58-56-54-52-50-48-33-31-29-27-25-23-21-19-17-15-13-11-9-7-2/h8,10,14,16,20,22,26,28,32,34,36-37,56,58,64,66,72,74,79-80,84H,6-7,9,11-13,15,17-19,21,23-25,27,29-31,33,35,38-55,57,59-63,65,67-71,73,75-78H2,1-5H3,(H-,82,85,86,87)/b10-8-,16-14-,22-20-,28-26-,34-32-,37-36-,58-56+,66-64+,74-72+. The van der Waals surface area contributed by atoms with E-state index in [2.05, 4.69) is 116 Å². The largest absolute Gasteiger partial charge is 0.756 e. The second kappa shape index (κ2) is 70.5. The zero-order valence-corrected chi connectivity index (χ0v) is 60.7. The Morgan fingerprint density at radius 1 is 0.400 bits per heavy atom. The molecule has 0 saturated heterocycles. The lowest BCUT2D eigenvalue weighted by Gasteiger charge is -2.29. The highest BCUT2D eigenvalue weighted by Gasteiger charge is 2.23. The molecule has 0 fully saturated rings. The first-order valence-electron chi connectivity index (χ1n) is 38.2. The predicted octanol–water partition coefficient (Wildman–Crippen LogP) is 24.4. The number of phosphoric ester groups is 1. The maximum Gasteiger partial charge on any atom is 0.268 e. The minimum Gasteiger partial charge on any atom is -0.756 e. The van der Waals surface area contributed by atoms with Gasteiger partial charge in [-0.05, 0) is 96.3 Å². The van der Waals surface area contributed by atoms with Gasteiger partial charge in [0.2, 0.25) is 5.91 Å². The van der Waals surface area contributed by atoms with Gasteiger partial charge in [-0.25, -0.2) is 0 Å². The summed E-state index contributed by atoms with van der Waals surface area (Å²) in [5.74, 6) is -0.208. The summed E-state index contributed by atoms with van der Waals surface area (Å²) in [4.78, 5) is 25.7. The van der Waals surface area contributed by atoms with E-state index in [9.17, 15) is 19.4 Å². The van der Waals surface area contributed by atoms with Gasteiger partial charge in [-0.1, -0.05) is 354 Å². The van der Waals surface area contributed by atoms with Crippen molar-refractivity contribution < 1.29 is 32.9 Å². The number of likely N-dealkylation sites (N-methyl/N-ethyl adjacent to an activating group) is 1. The van der Waals surface area contributed by atoms with E-state index in [4.69, 9.17) is 9.05 Å². The van der Waals surface area contributed by atoms with Gasteiger partial charge in [0.1, 0.15) is 13.2 Å². The number of rotatable bonds is 70. The van der Waals surface area contributed by atoms with Crippen LogP contribution in [0.15, 0.2) is 109 Å². The molecule has 3 unspecified atom stereocenters. The molecule has 0 aliphatic rings. The van der Waals surface area contributed by atoms with Gasteiger partial charge in [-0.15, -0.1) is 0 Å². The number of aliphatic hydroxyl groups is 1. The second-order valence-corrected chi connectivity index (χ2v) is 28.4. The van der Waals surface area contributed by atoms with Crippen LogP contribution in [0.2, 0.25) is 0 Å². The number of allylic oxidation sites excluding steroid dienone is 17. The summed E-state index contributed by atoms with van der Waals surface area (Å²) in [5.41, 5.74) is 0. The number of nitrogens with one attached hydrogen (secondary N) is 1.